The van der Waals surface area contributed by atoms with Gasteiger partial charge in [-0.2, -0.15) is 11.3 Å². The van der Waals surface area contributed by atoms with Crippen molar-refractivity contribution < 1.29 is 14.3 Å². The Kier molecular flexibility index (Phi) is 3.18. The summed E-state index contributed by atoms with van der Waals surface area (Å²) in [6, 6.07) is 15.2. The molecule has 0 spiro atoms. The van der Waals surface area contributed by atoms with Crippen LogP contribution in [-0.4, -0.2) is 12.7 Å². The summed E-state index contributed by atoms with van der Waals surface area (Å²) in [5.74, 6) is 1.33. The van der Waals surface area contributed by atoms with Crippen LogP contribution in [-0.2, 0) is 0 Å². The average molecular weight is 350 g/mol. The smallest absolute Gasteiger partial charge is 0.262 e. The Morgan fingerprint density at radius 2 is 1.96 bits per heavy atom. The third-order valence-corrected chi connectivity index (χ3v) is 5.12. The molecular formula is C19H14N2O3S. The fourth-order valence-electron chi connectivity index (χ4n) is 3.22. The lowest BCUT2D eigenvalue weighted by Gasteiger charge is -2.37. The number of thiophene rings is 1. The molecule has 25 heavy (non-hydrogen) atoms. The first kappa shape index (κ1) is 14.4. The van der Waals surface area contributed by atoms with Gasteiger partial charge in [0.2, 0.25) is 6.79 Å². The Bertz CT molecular complexity index is 955. The van der Waals surface area contributed by atoms with E-state index in [4.69, 9.17) is 9.47 Å². The average Bonchev–Trinajstić information content (AvgIpc) is 3.33. The molecule has 0 radical (unpaired) electrons. The minimum Gasteiger partial charge on any atom is -0.454 e. The van der Waals surface area contributed by atoms with Crippen LogP contribution in [0.15, 0.2) is 59.3 Å². The molecular weight excluding hydrogens is 336 g/mol. The summed E-state index contributed by atoms with van der Waals surface area (Å²) in [4.78, 5) is 15.0. The van der Waals surface area contributed by atoms with E-state index in [1.807, 2.05) is 53.9 Å². The largest absolute Gasteiger partial charge is 0.454 e. The van der Waals surface area contributed by atoms with Crippen LogP contribution in [0.1, 0.15) is 22.1 Å². The van der Waals surface area contributed by atoms with Gasteiger partial charge in [-0.25, -0.2) is 0 Å². The van der Waals surface area contributed by atoms with E-state index in [1.165, 1.54) is 0 Å². The summed E-state index contributed by atoms with van der Waals surface area (Å²) in [6.45, 7) is 0.210. The molecule has 0 saturated carbocycles. The van der Waals surface area contributed by atoms with Crippen LogP contribution in [0.4, 0.5) is 11.4 Å². The molecule has 3 aromatic rings. The zero-order chi connectivity index (χ0) is 16.8. The summed E-state index contributed by atoms with van der Waals surface area (Å²) >= 11 is 1.61. The lowest BCUT2D eigenvalue weighted by Crippen LogP contribution is -2.43. The van der Waals surface area contributed by atoms with Crippen LogP contribution in [0.2, 0.25) is 0 Å². The van der Waals surface area contributed by atoms with Crippen molar-refractivity contribution in [3.63, 3.8) is 0 Å². The van der Waals surface area contributed by atoms with Crippen LogP contribution in [0.25, 0.3) is 0 Å². The molecule has 6 heteroatoms. The number of benzene rings is 2. The molecule has 1 amide bonds. The summed E-state index contributed by atoms with van der Waals surface area (Å²) < 4.78 is 10.9. The summed E-state index contributed by atoms with van der Waals surface area (Å²) in [5, 5.41) is 7.55. The molecule has 0 bridgehead atoms. The van der Waals surface area contributed by atoms with E-state index < -0.39 is 0 Å². The Morgan fingerprint density at radius 3 is 2.84 bits per heavy atom. The maximum absolute atomic E-state index is 13.2. The van der Waals surface area contributed by atoms with Crippen molar-refractivity contribution in [3.05, 3.63) is 70.4 Å². The van der Waals surface area contributed by atoms with Gasteiger partial charge in [0.1, 0.15) is 6.17 Å². The lowest BCUT2D eigenvalue weighted by molar-refractivity contribution is 0.0975. The molecule has 2 aliphatic rings. The molecule has 1 N–H and O–H groups in total. The number of amides is 1. The van der Waals surface area contributed by atoms with Gasteiger partial charge >= 0.3 is 0 Å². The predicted octanol–water partition coefficient (Wildman–Crippen LogP) is 4.25. The predicted molar refractivity (Wildman–Crippen MR) is 96.5 cm³/mol. The highest BCUT2D eigenvalue weighted by molar-refractivity contribution is 7.08. The highest BCUT2D eigenvalue weighted by Crippen LogP contribution is 2.41. The normalized spacial score (nSPS) is 18.0. The highest BCUT2D eigenvalue weighted by atomic mass is 32.1. The Labute approximate surface area is 148 Å². The molecule has 0 saturated heterocycles. The van der Waals surface area contributed by atoms with Crippen molar-refractivity contribution >= 4 is 28.6 Å². The van der Waals surface area contributed by atoms with Crippen LogP contribution >= 0.6 is 11.3 Å². The molecule has 5 nitrogen and oxygen atoms in total. The number of ether oxygens (including phenoxy) is 2. The Morgan fingerprint density at radius 1 is 1.08 bits per heavy atom. The Hall–Kier alpha value is -2.99. The summed E-state index contributed by atoms with van der Waals surface area (Å²) in [6.07, 6.45) is -0.269. The number of nitrogens with zero attached hydrogens (tertiary/aromatic N) is 1. The SMILES string of the molecule is O=C1c2ccccc2N[C@H](c2ccsc2)N1c1ccc2c(c1)OCO2. The molecule has 0 unspecified atom stereocenters. The molecule has 5 rings (SSSR count). The maximum Gasteiger partial charge on any atom is 0.262 e. The van der Waals surface area contributed by atoms with Gasteiger partial charge in [0.05, 0.1) is 11.3 Å². The van der Waals surface area contributed by atoms with Gasteiger partial charge in [-0.15, -0.1) is 0 Å². The van der Waals surface area contributed by atoms with Gasteiger partial charge in [0.25, 0.3) is 5.91 Å². The van der Waals surface area contributed by atoms with E-state index in [0.29, 0.717) is 17.1 Å². The second-order valence-electron chi connectivity index (χ2n) is 5.86. The highest BCUT2D eigenvalue weighted by Gasteiger charge is 2.34. The van der Waals surface area contributed by atoms with Gasteiger partial charge in [0.15, 0.2) is 11.5 Å². The first-order chi connectivity index (χ1) is 12.3. The van der Waals surface area contributed by atoms with Crippen LogP contribution in [0, 0.1) is 0 Å². The zero-order valence-electron chi connectivity index (χ0n) is 13.1. The standard InChI is InChI=1S/C19H14N2O3S/c22-19-14-3-1-2-4-15(14)20-18(12-7-8-25-10-12)21(19)13-5-6-16-17(9-13)24-11-23-16/h1-10,18,20H,11H2/t18-/m0/s1. The van der Waals surface area contributed by atoms with Gasteiger partial charge in [0, 0.05) is 17.3 Å². The molecule has 124 valence electrons. The number of para-hydroxylation sites is 1. The molecule has 1 aromatic heterocycles. The number of hydrogen-bond acceptors (Lipinski definition) is 5. The van der Waals surface area contributed by atoms with E-state index in [2.05, 4.69) is 10.7 Å². The minimum atomic E-state index is -0.269. The first-order valence-corrected chi connectivity index (χ1v) is 8.86. The second kappa shape index (κ2) is 5.53. The van der Waals surface area contributed by atoms with E-state index >= 15 is 0 Å². The van der Waals surface area contributed by atoms with Crippen molar-refractivity contribution in [3.8, 4) is 11.5 Å². The third-order valence-electron chi connectivity index (χ3n) is 4.42. The minimum absolute atomic E-state index is 0.0376. The van der Waals surface area contributed by atoms with Gasteiger partial charge in [-0.1, -0.05) is 12.1 Å². The monoisotopic (exact) mass is 350 g/mol. The molecule has 0 aliphatic carbocycles. The van der Waals surface area contributed by atoms with Crippen LogP contribution in [0.5, 0.6) is 11.5 Å². The molecule has 2 aromatic carbocycles. The number of rotatable bonds is 2. The van der Waals surface area contributed by atoms with Gasteiger partial charge in [-0.05, 0) is 41.1 Å². The topological polar surface area (TPSA) is 50.8 Å². The second-order valence-corrected chi connectivity index (χ2v) is 6.64. The molecule has 1 atom stereocenters. The zero-order valence-corrected chi connectivity index (χ0v) is 14.0. The summed E-state index contributed by atoms with van der Waals surface area (Å²) in [7, 11) is 0. The van der Waals surface area contributed by atoms with Crippen molar-refractivity contribution in [1.29, 1.82) is 0 Å². The number of carbonyl (C=O) groups excluding carboxylic acids is 1. The fourth-order valence-corrected chi connectivity index (χ4v) is 3.90. The maximum atomic E-state index is 13.2. The molecule has 0 fully saturated rings. The number of anilines is 2. The Balaban J connectivity index is 1.65. The fraction of sp³-hybridized carbons (Fsp3) is 0.105. The van der Waals surface area contributed by atoms with Crippen LogP contribution in [0.3, 0.4) is 0 Å². The number of fused-ring (bicyclic) bond motifs is 2. The van der Waals surface area contributed by atoms with Gasteiger partial charge < -0.3 is 14.8 Å². The molecule has 2 aliphatic heterocycles. The van der Waals surface area contributed by atoms with Crippen molar-refractivity contribution in [2.45, 2.75) is 6.17 Å². The van der Waals surface area contributed by atoms with E-state index in [0.717, 1.165) is 16.9 Å². The third kappa shape index (κ3) is 2.26. The van der Waals surface area contributed by atoms with E-state index in [-0.39, 0.29) is 18.9 Å². The number of hydrogen-bond donors (Lipinski definition) is 1. The number of nitrogens with one attached hydrogen (secondary N) is 1. The van der Waals surface area contributed by atoms with Gasteiger partial charge in [-0.3, -0.25) is 9.69 Å². The number of carbonyl (C=O) groups is 1. The van der Waals surface area contributed by atoms with Crippen molar-refractivity contribution in [2.24, 2.45) is 0 Å². The molecule has 3 heterocycles. The first-order valence-electron chi connectivity index (χ1n) is 7.92. The van der Waals surface area contributed by atoms with E-state index in [9.17, 15) is 4.79 Å². The van der Waals surface area contributed by atoms with Crippen LogP contribution < -0.4 is 19.7 Å². The summed E-state index contributed by atoms with van der Waals surface area (Å²) in [5.41, 5.74) is 3.32. The van der Waals surface area contributed by atoms with Crippen molar-refractivity contribution in [2.75, 3.05) is 17.0 Å². The van der Waals surface area contributed by atoms with Crippen molar-refractivity contribution in [1.82, 2.24) is 0 Å². The lowest BCUT2D eigenvalue weighted by atomic mass is 10.0. The quantitative estimate of drug-likeness (QED) is 0.751. The van der Waals surface area contributed by atoms with E-state index in [1.54, 1.807) is 16.2 Å².